The van der Waals surface area contributed by atoms with Crippen molar-refractivity contribution < 1.29 is 9.59 Å². The molecule has 1 N–H and O–H groups in total. The molecule has 0 aromatic carbocycles. The van der Waals surface area contributed by atoms with Crippen LogP contribution in [0.1, 0.15) is 41.0 Å². The van der Waals surface area contributed by atoms with E-state index in [4.69, 9.17) is 0 Å². The van der Waals surface area contributed by atoms with Crippen LogP contribution >= 0.6 is 11.3 Å². The van der Waals surface area contributed by atoms with Crippen LogP contribution < -0.4 is 5.32 Å². The van der Waals surface area contributed by atoms with Crippen LogP contribution in [0.3, 0.4) is 0 Å². The summed E-state index contributed by atoms with van der Waals surface area (Å²) in [5.41, 5.74) is 0.658. The molecule has 5 heteroatoms. The highest BCUT2D eigenvalue weighted by molar-refractivity contribution is 7.12. The number of hydrogen-bond donors (Lipinski definition) is 1. The zero-order chi connectivity index (χ0) is 14.3. The summed E-state index contributed by atoms with van der Waals surface area (Å²) in [6.07, 6.45) is 3.63. The van der Waals surface area contributed by atoms with Crippen LogP contribution in [-0.4, -0.2) is 28.8 Å². The van der Waals surface area contributed by atoms with Gasteiger partial charge in [0, 0.05) is 9.75 Å². The third-order valence-corrected chi connectivity index (χ3v) is 5.57. The fraction of sp³-hybridized carbons (Fsp3) is 0.600. The molecule has 1 aliphatic carbocycles. The zero-order valence-corrected chi connectivity index (χ0v) is 12.8. The second-order valence-electron chi connectivity index (χ2n) is 5.95. The Hall–Kier alpha value is -1.36. The van der Waals surface area contributed by atoms with Crippen LogP contribution in [0.25, 0.3) is 0 Å². The van der Waals surface area contributed by atoms with E-state index >= 15 is 0 Å². The van der Waals surface area contributed by atoms with E-state index in [2.05, 4.69) is 25.2 Å². The molecule has 2 fully saturated rings. The minimum absolute atomic E-state index is 0.0171. The minimum Gasteiger partial charge on any atom is -0.340 e. The van der Waals surface area contributed by atoms with Gasteiger partial charge >= 0.3 is 0 Å². The van der Waals surface area contributed by atoms with Gasteiger partial charge in [-0.1, -0.05) is 12.8 Å². The molecule has 2 amide bonds. The van der Waals surface area contributed by atoms with Crippen LogP contribution in [0.5, 0.6) is 0 Å². The third-order valence-electron chi connectivity index (χ3n) is 4.43. The van der Waals surface area contributed by atoms with Gasteiger partial charge in [-0.3, -0.25) is 9.59 Å². The Kier molecular flexibility index (Phi) is 3.32. The number of amides is 2. The SMILES string of the molecule is Cc1cc(CN2CC(=O)NC3(CCCC3)C2=O)sc1C. The topological polar surface area (TPSA) is 49.4 Å². The van der Waals surface area contributed by atoms with Crippen molar-refractivity contribution >= 4 is 23.2 Å². The minimum atomic E-state index is -0.601. The molecular weight excluding hydrogens is 272 g/mol. The number of hydrogen-bond acceptors (Lipinski definition) is 3. The lowest BCUT2D eigenvalue weighted by Crippen LogP contribution is -2.65. The number of piperazine rings is 1. The van der Waals surface area contributed by atoms with Crippen LogP contribution in [-0.2, 0) is 16.1 Å². The molecule has 1 saturated heterocycles. The number of carbonyl (C=O) groups excluding carboxylic acids is 2. The summed E-state index contributed by atoms with van der Waals surface area (Å²) in [7, 11) is 0. The summed E-state index contributed by atoms with van der Waals surface area (Å²) in [6.45, 7) is 4.93. The number of carbonyl (C=O) groups is 2. The largest absolute Gasteiger partial charge is 0.340 e. The number of rotatable bonds is 2. The lowest BCUT2D eigenvalue weighted by atomic mass is 9.93. The van der Waals surface area contributed by atoms with E-state index in [1.807, 2.05) is 0 Å². The fourth-order valence-electron chi connectivity index (χ4n) is 3.27. The van der Waals surface area contributed by atoms with Crippen LogP contribution in [0, 0.1) is 13.8 Å². The number of nitrogens with one attached hydrogen (secondary N) is 1. The molecule has 1 aliphatic heterocycles. The predicted octanol–water partition coefficient (Wildman–Crippen LogP) is 2.14. The predicted molar refractivity (Wildman–Crippen MR) is 78.6 cm³/mol. The molecule has 2 aliphatic rings. The van der Waals surface area contributed by atoms with Gasteiger partial charge in [0.05, 0.1) is 6.54 Å². The average Bonchev–Trinajstić information content (AvgIpc) is 2.95. The van der Waals surface area contributed by atoms with E-state index in [-0.39, 0.29) is 18.4 Å². The molecule has 0 unspecified atom stereocenters. The Bertz CT molecular complexity index is 539. The van der Waals surface area contributed by atoms with E-state index in [0.29, 0.717) is 6.54 Å². The maximum atomic E-state index is 12.7. The second-order valence-corrected chi connectivity index (χ2v) is 7.29. The van der Waals surface area contributed by atoms with Crippen LogP contribution in [0.2, 0.25) is 0 Å². The maximum Gasteiger partial charge on any atom is 0.249 e. The van der Waals surface area contributed by atoms with Crippen molar-refractivity contribution in [3.63, 3.8) is 0 Å². The fourth-order valence-corrected chi connectivity index (χ4v) is 4.34. The normalized spacial score (nSPS) is 21.6. The molecule has 1 aromatic rings. The first-order valence-electron chi connectivity index (χ1n) is 7.16. The molecule has 0 bridgehead atoms. The van der Waals surface area contributed by atoms with Gasteiger partial charge in [-0.25, -0.2) is 0 Å². The molecule has 108 valence electrons. The monoisotopic (exact) mass is 292 g/mol. The summed E-state index contributed by atoms with van der Waals surface area (Å²) in [6, 6.07) is 2.13. The van der Waals surface area contributed by atoms with Crippen LogP contribution in [0.15, 0.2) is 6.07 Å². The molecule has 0 radical (unpaired) electrons. The molecular formula is C15H20N2O2S. The Labute approximate surface area is 123 Å². The average molecular weight is 292 g/mol. The highest BCUT2D eigenvalue weighted by Gasteiger charge is 2.48. The second kappa shape index (κ2) is 4.88. The Morgan fingerprint density at radius 3 is 2.60 bits per heavy atom. The number of aryl methyl sites for hydroxylation is 2. The quantitative estimate of drug-likeness (QED) is 0.908. The van der Waals surface area contributed by atoms with Crippen molar-refractivity contribution in [1.29, 1.82) is 0 Å². The van der Waals surface area contributed by atoms with E-state index in [1.165, 1.54) is 10.4 Å². The van der Waals surface area contributed by atoms with Gasteiger partial charge in [0.25, 0.3) is 0 Å². The van der Waals surface area contributed by atoms with E-state index in [9.17, 15) is 9.59 Å². The summed E-state index contributed by atoms with van der Waals surface area (Å²) < 4.78 is 0. The van der Waals surface area contributed by atoms with E-state index in [0.717, 1.165) is 30.6 Å². The van der Waals surface area contributed by atoms with Crippen molar-refractivity contribution in [1.82, 2.24) is 10.2 Å². The molecule has 4 nitrogen and oxygen atoms in total. The zero-order valence-electron chi connectivity index (χ0n) is 12.0. The van der Waals surface area contributed by atoms with Gasteiger partial charge in [-0.05, 0) is 38.3 Å². The Morgan fingerprint density at radius 2 is 2.00 bits per heavy atom. The lowest BCUT2D eigenvalue weighted by molar-refractivity contribution is -0.150. The summed E-state index contributed by atoms with van der Waals surface area (Å²) in [4.78, 5) is 28.8. The number of thiophene rings is 1. The van der Waals surface area contributed by atoms with Crippen LogP contribution in [0.4, 0.5) is 0 Å². The molecule has 0 atom stereocenters. The molecule has 1 saturated carbocycles. The first-order valence-corrected chi connectivity index (χ1v) is 7.98. The van der Waals surface area contributed by atoms with Gasteiger partial charge in [0.1, 0.15) is 12.1 Å². The van der Waals surface area contributed by atoms with Gasteiger partial charge in [-0.2, -0.15) is 0 Å². The first-order chi connectivity index (χ1) is 9.50. The Balaban J connectivity index is 1.81. The molecule has 2 heterocycles. The van der Waals surface area contributed by atoms with Crippen molar-refractivity contribution in [3.05, 3.63) is 21.4 Å². The van der Waals surface area contributed by atoms with Crippen molar-refractivity contribution in [2.75, 3.05) is 6.54 Å². The molecule has 1 spiro atoms. The summed E-state index contributed by atoms with van der Waals surface area (Å²) in [5.74, 6) is 0.0924. The highest BCUT2D eigenvalue weighted by Crippen LogP contribution is 2.34. The van der Waals surface area contributed by atoms with Gasteiger partial charge in [0.2, 0.25) is 11.8 Å². The van der Waals surface area contributed by atoms with Crippen molar-refractivity contribution in [3.8, 4) is 0 Å². The standard InChI is InChI=1S/C15H20N2O2S/c1-10-7-12(20-11(10)2)8-17-9-13(18)16-15(14(17)19)5-3-4-6-15/h7H,3-6,8-9H2,1-2H3,(H,16,18). The molecule has 20 heavy (non-hydrogen) atoms. The maximum absolute atomic E-state index is 12.7. The van der Waals surface area contributed by atoms with Gasteiger partial charge in [-0.15, -0.1) is 11.3 Å². The van der Waals surface area contributed by atoms with Crippen molar-refractivity contribution in [2.24, 2.45) is 0 Å². The lowest BCUT2D eigenvalue weighted by Gasteiger charge is -2.39. The molecule has 3 rings (SSSR count). The summed E-state index contributed by atoms with van der Waals surface area (Å²) in [5, 5.41) is 2.95. The summed E-state index contributed by atoms with van der Waals surface area (Å²) >= 11 is 1.72. The highest BCUT2D eigenvalue weighted by atomic mass is 32.1. The number of nitrogens with zero attached hydrogens (tertiary/aromatic N) is 1. The Morgan fingerprint density at radius 1 is 1.30 bits per heavy atom. The van der Waals surface area contributed by atoms with Crippen molar-refractivity contribution in [2.45, 2.75) is 51.6 Å². The molecule has 1 aromatic heterocycles. The first kappa shape index (κ1) is 13.6. The van der Waals surface area contributed by atoms with Gasteiger partial charge < -0.3 is 10.2 Å². The van der Waals surface area contributed by atoms with Gasteiger partial charge in [0.15, 0.2) is 0 Å². The van der Waals surface area contributed by atoms with E-state index in [1.54, 1.807) is 16.2 Å². The third kappa shape index (κ3) is 2.24. The smallest absolute Gasteiger partial charge is 0.249 e. The van der Waals surface area contributed by atoms with E-state index < -0.39 is 5.54 Å².